The van der Waals surface area contributed by atoms with Gasteiger partial charge in [-0.1, -0.05) is 110 Å². The van der Waals surface area contributed by atoms with E-state index in [1.165, 1.54) is 103 Å². The van der Waals surface area contributed by atoms with E-state index in [4.69, 9.17) is 0 Å². The van der Waals surface area contributed by atoms with Gasteiger partial charge in [-0.05, 0) is 12.8 Å². The van der Waals surface area contributed by atoms with E-state index in [0.29, 0.717) is 0 Å². The molecule has 0 spiro atoms. The molecule has 160 valence electrons. The summed E-state index contributed by atoms with van der Waals surface area (Å²) in [5, 5.41) is 10.0. The second-order valence-electron chi connectivity index (χ2n) is 8.43. The molecular weight excluding hydrogens is 332 g/mol. The summed E-state index contributed by atoms with van der Waals surface area (Å²) < 4.78 is 0. The number of hydrogen-bond acceptors (Lipinski definition) is 3. The molecule has 27 heavy (non-hydrogen) atoms. The maximum absolute atomic E-state index is 10.0. The fraction of sp³-hybridized carbons (Fsp3) is 0.958. The van der Waals surface area contributed by atoms with Crippen molar-refractivity contribution < 1.29 is 5.11 Å². The number of aliphatic hydroxyl groups is 1. The van der Waals surface area contributed by atoms with Gasteiger partial charge in [0.05, 0.1) is 6.54 Å². The monoisotopic (exact) mass is 380 g/mol. The summed E-state index contributed by atoms with van der Waals surface area (Å²) in [5.74, 6) is 1.15. The van der Waals surface area contributed by atoms with Gasteiger partial charge in [-0.15, -0.1) is 0 Å². The maximum Gasteiger partial charge on any atom is 0.127 e. The maximum atomic E-state index is 10.0. The molecular formula is C24H48N2O. The van der Waals surface area contributed by atoms with Gasteiger partial charge >= 0.3 is 0 Å². The zero-order valence-electron chi connectivity index (χ0n) is 18.6. The number of unbranched alkanes of at least 4 members (excludes halogenated alkanes) is 15. The molecule has 0 aromatic carbocycles. The van der Waals surface area contributed by atoms with Crippen molar-refractivity contribution in [3.05, 3.63) is 0 Å². The standard InChI is InChI=1S/C24H48N2O/c1-3-5-6-7-8-9-10-11-12-13-14-15-16-17-18-19-20-23-25-21-22-26(23)24(27)4-2/h24,27H,3-22H2,1-2H3. The van der Waals surface area contributed by atoms with Crippen molar-refractivity contribution in [3.63, 3.8) is 0 Å². The molecule has 0 amide bonds. The number of rotatable bonds is 19. The molecule has 0 fully saturated rings. The minimum absolute atomic E-state index is 0.327. The van der Waals surface area contributed by atoms with E-state index >= 15 is 0 Å². The normalized spacial score (nSPS) is 15.4. The zero-order chi connectivity index (χ0) is 19.6. The van der Waals surface area contributed by atoms with Crippen molar-refractivity contribution in [1.29, 1.82) is 0 Å². The molecule has 1 aliphatic rings. The number of hydrogen-bond donors (Lipinski definition) is 1. The Bertz CT molecular complexity index is 356. The predicted molar refractivity (Wildman–Crippen MR) is 119 cm³/mol. The average Bonchev–Trinajstić information content (AvgIpc) is 3.15. The highest BCUT2D eigenvalue weighted by molar-refractivity contribution is 5.83. The summed E-state index contributed by atoms with van der Waals surface area (Å²) in [6, 6.07) is 0. The lowest BCUT2D eigenvalue weighted by atomic mass is 10.0. The summed E-state index contributed by atoms with van der Waals surface area (Å²) in [6.45, 7) is 6.10. The minimum atomic E-state index is -0.327. The van der Waals surface area contributed by atoms with E-state index in [2.05, 4.69) is 16.8 Å². The molecule has 0 radical (unpaired) electrons. The average molecular weight is 381 g/mol. The fourth-order valence-corrected chi connectivity index (χ4v) is 4.10. The van der Waals surface area contributed by atoms with E-state index in [1.54, 1.807) is 0 Å². The first kappa shape index (κ1) is 24.5. The summed E-state index contributed by atoms with van der Waals surface area (Å²) in [6.07, 6.45) is 24.1. The van der Waals surface area contributed by atoms with Gasteiger partial charge in [0.1, 0.15) is 12.1 Å². The smallest absolute Gasteiger partial charge is 0.127 e. The Morgan fingerprint density at radius 2 is 1.19 bits per heavy atom. The van der Waals surface area contributed by atoms with Gasteiger partial charge in [-0.3, -0.25) is 4.99 Å². The molecule has 1 N–H and O–H groups in total. The predicted octanol–water partition coefficient (Wildman–Crippen LogP) is 7.08. The largest absolute Gasteiger partial charge is 0.374 e. The Morgan fingerprint density at radius 1 is 0.741 bits per heavy atom. The van der Waals surface area contributed by atoms with Crippen LogP contribution in [-0.2, 0) is 0 Å². The van der Waals surface area contributed by atoms with Gasteiger partial charge in [0.2, 0.25) is 0 Å². The van der Waals surface area contributed by atoms with Crippen LogP contribution in [0.15, 0.2) is 4.99 Å². The molecule has 1 aliphatic heterocycles. The lowest BCUT2D eigenvalue weighted by Gasteiger charge is -2.25. The molecule has 0 aromatic heterocycles. The third-order valence-electron chi connectivity index (χ3n) is 5.95. The topological polar surface area (TPSA) is 35.8 Å². The molecule has 0 aromatic rings. The van der Waals surface area contributed by atoms with E-state index < -0.39 is 0 Å². The van der Waals surface area contributed by atoms with Crippen molar-refractivity contribution >= 4 is 5.84 Å². The molecule has 3 heteroatoms. The lowest BCUT2D eigenvalue weighted by Crippen LogP contribution is -2.37. The number of amidine groups is 1. The highest BCUT2D eigenvalue weighted by Crippen LogP contribution is 2.16. The quantitative estimate of drug-likeness (QED) is 0.243. The van der Waals surface area contributed by atoms with Crippen LogP contribution in [0.5, 0.6) is 0 Å². The molecule has 0 saturated heterocycles. The molecule has 1 atom stereocenters. The van der Waals surface area contributed by atoms with E-state index in [1.807, 2.05) is 6.92 Å². The van der Waals surface area contributed by atoms with Crippen molar-refractivity contribution in [3.8, 4) is 0 Å². The highest BCUT2D eigenvalue weighted by Gasteiger charge is 2.21. The fourth-order valence-electron chi connectivity index (χ4n) is 4.10. The Hall–Kier alpha value is -0.570. The van der Waals surface area contributed by atoms with Crippen LogP contribution >= 0.6 is 0 Å². The van der Waals surface area contributed by atoms with Crippen molar-refractivity contribution in [2.45, 2.75) is 136 Å². The first-order valence-electron chi connectivity index (χ1n) is 12.3. The highest BCUT2D eigenvalue weighted by atomic mass is 16.3. The number of nitrogens with zero attached hydrogens (tertiary/aromatic N) is 2. The van der Waals surface area contributed by atoms with Crippen LogP contribution in [0.3, 0.4) is 0 Å². The van der Waals surface area contributed by atoms with Crippen LogP contribution in [0.2, 0.25) is 0 Å². The molecule has 1 rings (SSSR count). The van der Waals surface area contributed by atoms with Crippen LogP contribution in [0.1, 0.15) is 129 Å². The first-order valence-corrected chi connectivity index (χ1v) is 12.3. The molecule has 1 unspecified atom stereocenters. The first-order chi connectivity index (χ1) is 13.3. The van der Waals surface area contributed by atoms with Crippen molar-refractivity contribution in [2.24, 2.45) is 4.99 Å². The zero-order valence-corrected chi connectivity index (χ0v) is 18.6. The number of aliphatic hydroxyl groups excluding tert-OH is 1. The van der Waals surface area contributed by atoms with E-state index in [-0.39, 0.29) is 6.23 Å². The van der Waals surface area contributed by atoms with Crippen molar-refractivity contribution in [2.75, 3.05) is 13.1 Å². The number of aliphatic imine (C=N–C) groups is 1. The Labute approximate surface area is 170 Å². The van der Waals surface area contributed by atoms with Gasteiger partial charge in [-0.25, -0.2) is 0 Å². The van der Waals surface area contributed by atoms with Gasteiger partial charge in [-0.2, -0.15) is 0 Å². The summed E-state index contributed by atoms with van der Waals surface area (Å²) >= 11 is 0. The Morgan fingerprint density at radius 3 is 1.63 bits per heavy atom. The summed E-state index contributed by atoms with van der Waals surface area (Å²) in [7, 11) is 0. The molecule has 0 aliphatic carbocycles. The third-order valence-corrected chi connectivity index (χ3v) is 5.95. The SMILES string of the molecule is CCCCCCCCCCCCCCCCCCC1=NCCN1C(O)CC. The van der Waals surface area contributed by atoms with Crippen molar-refractivity contribution in [1.82, 2.24) is 4.90 Å². The third kappa shape index (κ3) is 12.5. The summed E-state index contributed by atoms with van der Waals surface area (Å²) in [5.41, 5.74) is 0. The Balaban J connectivity index is 1.79. The van der Waals surface area contributed by atoms with Crippen LogP contribution in [0.25, 0.3) is 0 Å². The van der Waals surface area contributed by atoms with Gasteiger partial charge in [0.15, 0.2) is 0 Å². The molecule has 0 bridgehead atoms. The van der Waals surface area contributed by atoms with E-state index in [9.17, 15) is 5.11 Å². The van der Waals surface area contributed by atoms with E-state index in [0.717, 1.165) is 31.8 Å². The molecule has 1 heterocycles. The van der Waals surface area contributed by atoms with Crippen LogP contribution in [0.4, 0.5) is 0 Å². The van der Waals surface area contributed by atoms with Gasteiger partial charge in [0.25, 0.3) is 0 Å². The van der Waals surface area contributed by atoms with Gasteiger partial charge < -0.3 is 10.0 Å². The van der Waals surface area contributed by atoms with Crippen LogP contribution in [0, 0.1) is 0 Å². The lowest BCUT2D eigenvalue weighted by molar-refractivity contribution is 0.0558. The summed E-state index contributed by atoms with van der Waals surface area (Å²) in [4.78, 5) is 6.68. The van der Waals surface area contributed by atoms with Gasteiger partial charge in [0, 0.05) is 13.0 Å². The minimum Gasteiger partial charge on any atom is -0.374 e. The van der Waals surface area contributed by atoms with Crippen LogP contribution in [-0.4, -0.2) is 35.2 Å². The molecule has 3 nitrogen and oxygen atoms in total. The van der Waals surface area contributed by atoms with Crippen LogP contribution < -0.4 is 0 Å². The second kappa shape index (κ2) is 17.5. The molecule has 0 saturated carbocycles. The second-order valence-corrected chi connectivity index (χ2v) is 8.43. The Kier molecular flexibility index (Phi) is 15.9.